The molecule has 2 N–H and O–H groups in total. The smallest absolute Gasteiger partial charge is 0.0438 e. The van der Waals surface area contributed by atoms with E-state index in [-0.39, 0.29) is 6.04 Å². The first kappa shape index (κ1) is 10.0. The Morgan fingerprint density at radius 1 is 1.43 bits per heavy atom. The van der Waals surface area contributed by atoms with Crippen molar-refractivity contribution in [1.29, 1.82) is 0 Å². The molecule has 2 heteroatoms. The highest BCUT2D eigenvalue weighted by Gasteiger charge is 2.26. The lowest BCUT2D eigenvalue weighted by atomic mass is 9.77. The fourth-order valence-corrected chi connectivity index (χ4v) is 2.22. The van der Waals surface area contributed by atoms with Crippen LogP contribution in [0.1, 0.15) is 36.4 Å². The fourth-order valence-electron chi connectivity index (χ4n) is 2.04. The molecule has 0 radical (unpaired) electrons. The predicted octanol–water partition coefficient (Wildman–Crippen LogP) is 3.45. The van der Waals surface area contributed by atoms with Crippen LogP contribution in [0, 0.1) is 12.8 Å². The third-order valence-electron chi connectivity index (χ3n) is 3.33. The number of rotatable bonds is 2. The Hall–Kier alpha value is -0.530. The zero-order valence-electron chi connectivity index (χ0n) is 8.46. The van der Waals surface area contributed by atoms with Crippen molar-refractivity contribution in [1.82, 2.24) is 0 Å². The second-order valence-corrected chi connectivity index (χ2v) is 4.58. The van der Waals surface area contributed by atoms with Gasteiger partial charge in [0, 0.05) is 11.1 Å². The Morgan fingerprint density at radius 3 is 2.71 bits per heavy atom. The molecule has 1 atom stereocenters. The van der Waals surface area contributed by atoms with E-state index in [9.17, 15) is 0 Å². The third kappa shape index (κ3) is 1.67. The number of hydrogen-bond acceptors (Lipinski definition) is 1. The van der Waals surface area contributed by atoms with Gasteiger partial charge in [-0.1, -0.05) is 30.2 Å². The van der Waals surface area contributed by atoms with Gasteiger partial charge < -0.3 is 5.73 Å². The number of nitrogens with two attached hydrogens (primary N) is 1. The lowest BCUT2D eigenvalue weighted by Crippen LogP contribution is -2.27. The molecule has 1 aliphatic rings. The maximum absolute atomic E-state index is 6.21. The molecule has 0 unspecified atom stereocenters. The third-order valence-corrected chi connectivity index (χ3v) is 3.74. The van der Waals surface area contributed by atoms with Gasteiger partial charge in [-0.15, -0.1) is 0 Å². The van der Waals surface area contributed by atoms with E-state index in [1.165, 1.54) is 24.8 Å². The Morgan fingerprint density at radius 2 is 2.14 bits per heavy atom. The van der Waals surface area contributed by atoms with E-state index in [1.807, 2.05) is 12.1 Å². The first-order chi connectivity index (χ1) is 6.70. The van der Waals surface area contributed by atoms with E-state index in [0.717, 1.165) is 10.6 Å². The molecule has 76 valence electrons. The molecule has 1 fully saturated rings. The lowest BCUT2D eigenvalue weighted by Gasteiger charge is -2.32. The van der Waals surface area contributed by atoms with E-state index in [4.69, 9.17) is 17.3 Å². The second kappa shape index (κ2) is 3.92. The normalized spacial score (nSPS) is 19.1. The van der Waals surface area contributed by atoms with Crippen LogP contribution in [0.2, 0.25) is 5.02 Å². The molecule has 2 rings (SSSR count). The molecule has 0 saturated heterocycles. The zero-order chi connectivity index (χ0) is 10.1. The van der Waals surface area contributed by atoms with Crippen molar-refractivity contribution in [2.75, 3.05) is 0 Å². The number of halogens is 1. The van der Waals surface area contributed by atoms with Crippen molar-refractivity contribution in [2.24, 2.45) is 11.7 Å². The highest BCUT2D eigenvalue weighted by Crippen LogP contribution is 2.38. The molecule has 1 saturated carbocycles. The molecular formula is C12H16ClN. The summed E-state index contributed by atoms with van der Waals surface area (Å²) in [5.74, 6) is 0.673. The van der Waals surface area contributed by atoms with E-state index >= 15 is 0 Å². The first-order valence-electron chi connectivity index (χ1n) is 5.20. The molecule has 1 nitrogen and oxygen atoms in total. The van der Waals surface area contributed by atoms with Crippen LogP contribution in [0.4, 0.5) is 0 Å². The summed E-state index contributed by atoms with van der Waals surface area (Å²) in [7, 11) is 0. The van der Waals surface area contributed by atoms with Gasteiger partial charge in [0.05, 0.1) is 0 Å². The van der Waals surface area contributed by atoms with E-state index in [0.29, 0.717) is 5.92 Å². The van der Waals surface area contributed by atoms with Crippen molar-refractivity contribution >= 4 is 11.6 Å². The van der Waals surface area contributed by atoms with Crippen LogP contribution in [-0.2, 0) is 0 Å². The maximum atomic E-state index is 6.21. The molecule has 0 bridgehead atoms. The molecule has 0 amide bonds. The standard InChI is InChI=1S/C12H16ClN/c1-8-10(6-3-7-11(8)13)12(14)9-4-2-5-9/h3,6-7,9,12H,2,4-5,14H2,1H3/t12-/m1/s1. The minimum absolute atomic E-state index is 0.183. The van der Waals surface area contributed by atoms with Crippen molar-refractivity contribution in [3.63, 3.8) is 0 Å². The minimum atomic E-state index is 0.183. The second-order valence-electron chi connectivity index (χ2n) is 4.17. The summed E-state index contributed by atoms with van der Waals surface area (Å²) in [6, 6.07) is 6.20. The summed E-state index contributed by atoms with van der Waals surface area (Å²) in [6.45, 7) is 2.05. The summed E-state index contributed by atoms with van der Waals surface area (Å²) in [5, 5.41) is 0.831. The number of hydrogen-bond donors (Lipinski definition) is 1. The van der Waals surface area contributed by atoms with Crippen molar-refractivity contribution in [2.45, 2.75) is 32.2 Å². The van der Waals surface area contributed by atoms with Crippen LogP contribution in [-0.4, -0.2) is 0 Å². The van der Waals surface area contributed by atoms with Crippen LogP contribution in [0.15, 0.2) is 18.2 Å². The molecule has 14 heavy (non-hydrogen) atoms. The molecule has 1 aromatic rings. The van der Waals surface area contributed by atoms with Gasteiger partial charge in [0.1, 0.15) is 0 Å². The van der Waals surface area contributed by atoms with Gasteiger partial charge in [-0.2, -0.15) is 0 Å². The van der Waals surface area contributed by atoms with Crippen LogP contribution in [0.5, 0.6) is 0 Å². The van der Waals surface area contributed by atoms with E-state index < -0.39 is 0 Å². The molecule has 1 aromatic carbocycles. The molecule has 0 aromatic heterocycles. The lowest BCUT2D eigenvalue weighted by molar-refractivity contribution is 0.264. The topological polar surface area (TPSA) is 26.0 Å². The summed E-state index contributed by atoms with van der Waals surface area (Å²) >= 11 is 6.07. The van der Waals surface area contributed by atoms with Gasteiger partial charge in [0.25, 0.3) is 0 Å². The largest absolute Gasteiger partial charge is 0.324 e. The van der Waals surface area contributed by atoms with E-state index in [1.54, 1.807) is 0 Å². The van der Waals surface area contributed by atoms with Crippen LogP contribution >= 0.6 is 11.6 Å². The summed E-state index contributed by atoms with van der Waals surface area (Å²) in [4.78, 5) is 0. The van der Waals surface area contributed by atoms with Crippen LogP contribution in [0.25, 0.3) is 0 Å². The van der Waals surface area contributed by atoms with Gasteiger partial charge in [0.2, 0.25) is 0 Å². The zero-order valence-corrected chi connectivity index (χ0v) is 9.22. The van der Waals surface area contributed by atoms with Crippen LogP contribution < -0.4 is 5.73 Å². The Labute approximate surface area is 90.3 Å². The van der Waals surface area contributed by atoms with Gasteiger partial charge in [-0.25, -0.2) is 0 Å². The van der Waals surface area contributed by atoms with Gasteiger partial charge in [-0.05, 0) is 42.9 Å². The highest BCUT2D eigenvalue weighted by molar-refractivity contribution is 6.31. The summed E-state index contributed by atoms with van der Waals surface area (Å²) in [6.07, 6.45) is 3.87. The van der Waals surface area contributed by atoms with Crippen molar-refractivity contribution in [3.05, 3.63) is 34.3 Å². The Balaban J connectivity index is 2.26. The molecule has 0 aliphatic heterocycles. The average molecular weight is 210 g/mol. The van der Waals surface area contributed by atoms with Crippen molar-refractivity contribution in [3.8, 4) is 0 Å². The quantitative estimate of drug-likeness (QED) is 0.794. The summed E-state index contributed by atoms with van der Waals surface area (Å²) in [5.41, 5.74) is 8.58. The summed E-state index contributed by atoms with van der Waals surface area (Å²) < 4.78 is 0. The fraction of sp³-hybridized carbons (Fsp3) is 0.500. The Bertz CT molecular complexity index is 331. The minimum Gasteiger partial charge on any atom is -0.324 e. The first-order valence-corrected chi connectivity index (χ1v) is 5.58. The number of benzene rings is 1. The van der Waals surface area contributed by atoms with Crippen LogP contribution in [0.3, 0.4) is 0 Å². The maximum Gasteiger partial charge on any atom is 0.0438 e. The molecule has 1 aliphatic carbocycles. The average Bonchev–Trinajstić information content (AvgIpc) is 2.06. The van der Waals surface area contributed by atoms with Gasteiger partial charge in [0.15, 0.2) is 0 Å². The predicted molar refractivity (Wildman–Crippen MR) is 60.5 cm³/mol. The SMILES string of the molecule is Cc1c(Cl)cccc1[C@H](N)C1CCC1. The van der Waals surface area contributed by atoms with Gasteiger partial charge in [-0.3, -0.25) is 0 Å². The monoisotopic (exact) mass is 209 g/mol. The molecule has 0 spiro atoms. The van der Waals surface area contributed by atoms with Gasteiger partial charge >= 0.3 is 0 Å². The Kier molecular flexibility index (Phi) is 2.80. The van der Waals surface area contributed by atoms with Crippen molar-refractivity contribution < 1.29 is 0 Å². The molecular weight excluding hydrogens is 194 g/mol. The highest BCUT2D eigenvalue weighted by atomic mass is 35.5. The molecule has 0 heterocycles. The van der Waals surface area contributed by atoms with E-state index in [2.05, 4.69) is 13.0 Å².